The fourth-order valence-electron chi connectivity index (χ4n) is 5.89. The van der Waals surface area contributed by atoms with E-state index in [1.807, 2.05) is 19.0 Å². The van der Waals surface area contributed by atoms with E-state index >= 15 is 0 Å². The first kappa shape index (κ1) is 45.4. The molecule has 5 heteroatoms. The third-order valence-corrected chi connectivity index (χ3v) is 8.83. The molecule has 0 N–H and O–H groups in total. The highest BCUT2D eigenvalue weighted by Gasteiger charge is 2.18. The Labute approximate surface area is 293 Å². The maximum Gasteiger partial charge on any atom is 0.306 e. The molecule has 0 aliphatic heterocycles. The highest BCUT2D eigenvalue weighted by atomic mass is 16.6. The topological polar surface area (TPSA) is 55.8 Å². The number of unbranched alkanes of at least 4 members (excludes halogenated alkanes) is 23. The van der Waals surface area contributed by atoms with E-state index < -0.39 is 6.10 Å². The van der Waals surface area contributed by atoms with Gasteiger partial charge in [-0.1, -0.05) is 147 Å². The number of carbonyl (C=O) groups is 2. The van der Waals surface area contributed by atoms with Gasteiger partial charge in [0.15, 0.2) is 0 Å². The minimum atomic E-state index is -0.412. The van der Waals surface area contributed by atoms with Crippen LogP contribution in [0.2, 0.25) is 0 Å². The largest absolute Gasteiger partial charge is 0.462 e. The van der Waals surface area contributed by atoms with Gasteiger partial charge in [0.25, 0.3) is 0 Å². The first-order valence-electron chi connectivity index (χ1n) is 20.3. The average Bonchev–Trinajstić information content (AvgIpc) is 3.05. The second-order valence-corrected chi connectivity index (χ2v) is 14.1. The lowest BCUT2D eigenvalue weighted by Crippen LogP contribution is -2.34. The summed E-state index contributed by atoms with van der Waals surface area (Å²) in [5.41, 5.74) is 0. The van der Waals surface area contributed by atoms with Crippen molar-refractivity contribution < 1.29 is 19.1 Å². The van der Waals surface area contributed by atoms with Crippen LogP contribution in [-0.2, 0) is 19.1 Å². The Balaban J connectivity index is 3.77. The standard InChI is InChI=1S/C42H79NO4/c1-5-7-9-11-13-15-17-19-21-23-25-27-29-31-33-35-37-42(45)47-40(38-43(3)4)39-46-41(44)36-34-32-30-28-26-24-22-20-18-16-14-12-10-8-6-2/h19-22,40H,5-18,23-39H2,1-4H3/b21-19-,22-20-/t40-/m1/s1. The number of carbonyl (C=O) groups excluding carboxylic acids is 2. The molecule has 1 atom stereocenters. The van der Waals surface area contributed by atoms with Crippen LogP contribution in [0.3, 0.4) is 0 Å². The van der Waals surface area contributed by atoms with Gasteiger partial charge in [-0.05, 0) is 78.3 Å². The van der Waals surface area contributed by atoms with Crippen molar-refractivity contribution >= 4 is 11.9 Å². The molecule has 0 amide bonds. The van der Waals surface area contributed by atoms with Crippen molar-refractivity contribution in [3.05, 3.63) is 24.3 Å². The number of likely N-dealkylation sites (N-methyl/N-ethyl adjacent to an activating group) is 1. The molecule has 0 aliphatic carbocycles. The lowest BCUT2D eigenvalue weighted by atomic mass is 10.1. The minimum Gasteiger partial charge on any atom is -0.462 e. The molecule has 5 nitrogen and oxygen atoms in total. The lowest BCUT2D eigenvalue weighted by Gasteiger charge is -2.21. The molecule has 0 aliphatic rings. The molecule has 0 bridgehead atoms. The maximum absolute atomic E-state index is 12.5. The van der Waals surface area contributed by atoms with Crippen molar-refractivity contribution in [2.45, 2.75) is 206 Å². The molecule has 0 spiro atoms. The summed E-state index contributed by atoms with van der Waals surface area (Å²) in [6, 6.07) is 0. The van der Waals surface area contributed by atoms with E-state index in [1.54, 1.807) is 0 Å². The van der Waals surface area contributed by atoms with Gasteiger partial charge in [-0.2, -0.15) is 0 Å². The monoisotopic (exact) mass is 662 g/mol. The van der Waals surface area contributed by atoms with Crippen molar-refractivity contribution in [3.8, 4) is 0 Å². The second-order valence-electron chi connectivity index (χ2n) is 14.1. The van der Waals surface area contributed by atoms with Gasteiger partial charge in [0.05, 0.1) is 0 Å². The quantitative estimate of drug-likeness (QED) is 0.0380. The zero-order valence-electron chi connectivity index (χ0n) is 31.9. The summed E-state index contributed by atoms with van der Waals surface area (Å²) in [6.45, 7) is 5.23. The molecule has 0 aromatic rings. The summed E-state index contributed by atoms with van der Waals surface area (Å²) in [5.74, 6) is -0.364. The van der Waals surface area contributed by atoms with E-state index in [-0.39, 0.29) is 18.5 Å². The van der Waals surface area contributed by atoms with Gasteiger partial charge in [-0.25, -0.2) is 0 Å². The molecule has 0 unspecified atom stereocenters. The molecule has 0 saturated heterocycles. The summed E-state index contributed by atoms with van der Waals surface area (Å²) in [4.78, 5) is 26.7. The third kappa shape index (κ3) is 37.1. The predicted octanol–water partition coefficient (Wildman–Crippen LogP) is 12.5. The maximum atomic E-state index is 12.5. The fraction of sp³-hybridized carbons (Fsp3) is 0.857. The normalized spacial score (nSPS) is 12.4. The van der Waals surface area contributed by atoms with Crippen LogP contribution in [-0.4, -0.2) is 50.2 Å². The molecule has 47 heavy (non-hydrogen) atoms. The molecule has 0 radical (unpaired) electrons. The fourth-order valence-corrected chi connectivity index (χ4v) is 5.89. The summed E-state index contributed by atoms with van der Waals surface area (Å²) < 4.78 is 11.2. The average molecular weight is 662 g/mol. The van der Waals surface area contributed by atoms with E-state index in [0.717, 1.165) is 32.1 Å². The SMILES string of the molecule is CCCCCCCC/C=C\CCCCCCCCC(=O)O[C@@H](COC(=O)CCCCCCC/C=C\CCCCCCCC)CN(C)C. The first-order valence-corrected chi connectivity index (χ1v) is 20.3. The summed E-state index contributed by atoms with van der Waals surface area (Å²) in [6.07, 6.45) is 43.5. The molecule has 0 aromatic carbocycles. The van der Waals surface area contributed by atoms with Crippen LogP contribution in [0.1, 0.15) is 200 Å². The second kappa shape index (κ2) is 37.2. The van der Waals surface area contributed by atoms with Crippen LogP contribution >= 0.6 is 0 Å². The molecular formula is C42H79NO4. The van der Waals surface area contributed by atoms with E-state index in [1.165, 1.54) is 141 Å². The molecule has 0 rings (SSSR count). The zero-order chi connectivity index (χ0) is 34.5. The molecule has 0 heterocycles. The first-order chi connectivity index (χ1) is 23.0. The number of allylic oxidation sites excluding steroid dienone is 4. The van der Waals surface area contributed by atoms with Crippen molar-refractivity contribution in [1.29, 1.82) is 0 Å². The van der Waals surface area contributed by atoms with Crippen LogP contribution in [0.5, 0.6) is 0 Å². The van der Waals surface area contributed by atoms with Crippen LogP contribution in [0.4, 0.5) is 0 Å². The predicted molar refractivity (Wildman–Crippen MR) is 203 cm³/mol. The minimum absolute atomic E-state index is 0.140. The number of esters is 2. The lowest BCUT2D eigenvalue weighted by molar-refractivity contribution is -0.160. The van der Waals surface area contributed by atoms with Crippen LogP contribution in [0.15, 0.2) is 24.3 Å². The van der Waals surface area contributed by atoms with Crippen LogP contribution in [0.25, 0.3) is 0 Å². The van der Waals surface area contributed by atoms with Crippen molar-refractivity contribution in [2.24, 2.45) is 0 Å². The van der Waals surface area contributed by atoms with Gasteiger partial charge in [0.1, 0.15) is 12.7 Å². The Hall–Kier alpha value is -1.62. The highest BCUT2D eigenvalue weighted by molar-refractivity contribution is 5.70. The third-order valence-electron chi connectivity index (χ3n) is 8.83. The number of ether oxygens (including phenoxy) is 2. The Morgan fingerprint density at radius 1 is 0.489 bits per heavy atom. The molecule has 0 saturated carbocycles. The molecule has 0 aromatic heterocycles. The van der Waals surface area contributed by atoms with Crippen molar-refractivity contribution in [1.82, 2.24) is 4.90 Å². The van der Waals surface area contributed by atoms with Gasteiger partial charge in [0, 0.05) is 19.4 Å². The van der Waals surface area contributed by atoms with E-state index in [9.17, 15) is 9.59 Å². The van der Waals surface area contributed by atoms with Crippen LogP contribution < -0.4 is 0 Å². The van der Waals surface area contributed by atoms with Crippen LogP contribution in [0, 0.1) is 0 Å². The van der Waals surface area contributed by atoms with Gasteiger partial charge in [-0.3, -0.25) is 9.59 Å². The van der Waals surface area contributed by atoms with Gasteiger partial charge in [-0.15, -0.1) is 0 Å². The summed E-state index contributed by atoms with van der Waals surface area (Å²) in [7, 11) is 3.89. The number of hydrogen-bond donors (Lipinski definition) is 0. The molecule has 276 valence electrons. The zero-order valence-corrected chi connectivity index (χ0v) is 31.9. The van der Waals surface area contributed by atoms with E-state index in [2.05, 4.69) is 38.2 Å². The molecular weight excluding hydrogens is 582 g/mol. The van der Waals surface area contributed by atoms with E-state index in [0.29, 0.717) is 19.4 Å². The van der Waals surface area contributed by atoms with Gasteiger partial charge >= 0.3 is 11.9 Å². The van der Waals surface area contributed by atoms with Crippen molar-refractivity contribution in [2.75, 3.05) is 27.2 Å². The Bertz CT molecular complexity index is 732. The van der Waals surface area contributed by atoms with Gasteiger partial charge in [0.2, 0.25) is 0 Å². The summed E-state index contributed by atoms with van der Waals surface area (Å²) in [5, 5.41) is 0. The van der Waals surface area contributed by atoms with E-state index in [4.69, 9.17) is 9.47 Å². The number of nitrogens with zero attached hydrogens (tertiary/aromatic N) is 1. The summed E-state index contributed by atoms with van der Waals surface area (Å²) >= 11 is 0. The Morgan fingerprint density at radius 3 is 1.21 bits per heavy atom. The highest BCUT2D eigenvalue weighted by Crippen LogP contribution is 2.13. The number of rotatable bonds is 36. The Morgan fingerprint density at radius 2 is 0.830 bits per heavy atom. The Kier molecular flexibility index (Phi) is 35.9. The molecule has 0 fully saturated rings. The number of hydrogen-bond acceptors (Lipinski definition) is 5. The smallest absolute Gasteiger partial charge is 0.306 e. The van der Waals surface area contributed by atoms with Crippen molar-refractivity contribution in [3.63, 3.8) is 0 Å². The van der Waals surface area contributed by atoms with Gasteiger partial charge < -0.3 is 14.4 Å².